The highest BCUT2D eigenvalue weighted by atomic mass is 127. The number of aliphatic imine (C=N–C) groups is 1. The van der Waals surface area contributed by atoms with Gasteiger partial charge >= 0.3 is 0 Å². The number of guanidine groups is 1. The van der Waals surface area contributed by atoms with Crippen molar-refractivity contribution in [1.29, 1.82) is 0 Å². The Bertz CT molecular complexity index is 828. The summed E-state index contributed by atoms with van der Waals surface area (Å²) >= 11 is 0. The molecule has 31 heavy (non-hydrogen) atoms. The predicted molar refractivity (Wildman–Crippen MR) is 131 cm³/mol. The van der Waals surface area contributed by atoms with E-state index in [-0.39, 0.29) is 30.0 Å². The van der Waals surface area contributed by atoms with Gasteiger partial charge in [0.15, 0.2) is 11.8 Å². The highest BCUT2D eigenvalue weighted by Crippen LogP contribution is 2.16. The van der Waals surface area contributed by atoms with Crippen molar-refractivity contribution in [3.8, 4) is 5.88 Å². The van der Waals surface area contributed by atoms with Crippen LogP contribution in [-0.4, -0.2) is 52.0 Å². The van der Waals surface area contributed by atoms with E-state index in [4.69, 9.17) is 14.5 Å². The third kappa shape index (κ3) is 7.60. The monoisotopic (exact) mass is 543 g/mol. The number of halogens is 1. The average Bonchev–Trinajstić information content (AvgIpc) is 3.15. The molecular weight excluding hydrogens is 509 g/mol. The highest BCUT2D eigenvalue weighted by Gasteiger charge is 2.22. The van der Waals surface area contributed by atoms with Gasteiger partial charge in [-0.3, -0.25) is 0 Å². The fourth-order valence-corrected chi connectivity index (χ4v) is 3.33. The molecule has 2 N–H and O–H groups in total. The Labute approximate surface area is 201 Å². The van der Waals surface area contributed by atoms with Crippen molar-refractivity contribution in [2.75, 3.05) is 20.3 Å². The van der Waals surface area contributed by atoms with Crippen molar-refractivity contribution in [2.45, 2.75) is 65.3 Å². The van der Waals surface area contributed by atoms with Crippen molar-refractivity contribution < 1.29 is 9.47 Å². The normalized spacial score (nSPS) is 15.7. The summed E-state index contributed by atoms with van der Waals surface area (Å²) in [5.41, 5.74) is 0.984. The van der Waals surface area contributed by atoms with Crippen LogP contribution in [0.2, 0.25) is 0 Å². The topological polar surface area (TPSA) is 98.5 Å². The molecule has 0 saturated heterocycles. The molecule has 10 heteroatoms. The van der Waals surface area contributed by atoms with E-state index in [2.05, 4.69) is 39.5 Å². The van der Waals surface area contributed by atoms with Gasteiger partial charge in [0.2, 0.25) is 5.88 Å². The Balaban J connectivity index is 0.00000341. The quantitative estimate of drug-likeness (QED) is 0.206. The van der Waals surface area contributed by atoms with Crippen molar-refractivity contribution in [3.05, 3.63) is 35.5 Å². The second kappa shape index (κ2) is 13.5. The number of methoxy groups -OCH3 is 1. The minimum absolute atomic E-state index is 0. The number of pyridine rings is 1. The summed E-state index contributed by atoms with van der Waals surface area (Å²) in [7, 11) is 1.66. The van der Waals surface area contributed by atoms with Gasteiger partial charge in [-0.05, 0) is 25.8 Å². The van der Waals surface area contributed by atoms with E-state index in [1.165, 1.54) is 0 Å². The zero-order valence-electron chi connectivity index (χ0n) is 18.6. The largest absolute Gasteiger partial charge is 0.477 e. The van der Waals surface area contributed by atoms with Gasteiger partial charge in [0.05, 0.1) is 19.7 Å². The van der Waals surface area contributed by atoms with Gasteiger partial charge in [-0.1, -0.05) is 19.4 Å². The number of hydrogen-bond donors (Lipinski definition) is 2. The molecule has 2 aromatic heterocycles. The van der Waals surface area contributed by atoms with Gasteiger partial charge in [0.1, 0.15) is 12.4 Å². The number of rotatable bonds is 10. The first kappa shape index (κ1) is 25.3. The third-order valence-corrected chi connectivity index (χ3v) is 4.85. The maximum atomic E-state index is 5.83. The van der Waals surface area contributed by atoms with Crippen molar-refractivity contribution in [3.63, 3.8) is 0 Å². The van der Waals surface area contributed by atoms with Crippen LogP contribution < -0.4 is 15.4 Å². The third-order valence-electron chi connectivity index (χ3n) is 4.85. The standard InChI is InChI=1S/C21H33N7O2.HI/c1-4-6-12-30-20-16(8-7-11-23-20)13-24-21(22-5-2)25-17-9-10-19-26-18(15-29-3)27-28(19)14-17;/h7-8,11,17H,4-6,9-10,12-15H2,1-3H3,(H2,22,24,25);1H. The molecule has 2 aromatic rings. The van der Waals surface area contributed by atoms with Crippen LogP contribution in [0, 0.1) is 0 Å². The van der Waals surface area contributed by atoms with Gasteiger partial charge in [0, 0.05) is 37.9 Å². The summed E-state index contributed by atoms with van der Waals surface area (Å²) < 4.78 is 12.9. The SMILES string of the molecule is CCCCOc1ncccc1CN=C(NCC)NC1CCc2nc(COC)nn2C1.I. The summed E-state index contributed by atoms with van der Waals surface area (Å²) in [5.74, 6) is 3.21. The number of hydrogen-bond acceptors (Lipinski definition) is 6. The maximum Gasteiger partial charge on any atom is 0.218 e. The molecular formula is C21H34IN7O2. The molecule has 0 aromatic carbocycles. The lowest BCUT2D eigenvalue weighted by Crippen LogP contribution is -2.47. The van der Waals surface area contributed by atoms with E-state index in [9.17, 15) is 0 Å². The number of nitrogens with one attached hydrogen (secondary N) is 2. The van der Waals surface area contributed by atoms with Crippen LogP contribution in [0.15, 0.2) is 23.3 Å². The highest BCUT2D eigenvalue weighted by molar-refractivity contribution is 14.0. The summed E-state index contributed by atoms with van der Waals surface area (Å²) in [4.78, 5) is 13.7. The molecule has 1 atom stereocenters. The first-order chi connectivity index (χ1) is 14.7. The lowest BCUT2D eigenvalue weighted by Gasteiger charge is -2.25. The first-order valence-electron chi connectivity index (χ1n) is 10.8. The Morgan fingerprint density at radius 3 is 3.00 bits per heavy atom. The molecule has 0 amide bonds. The number of unbranched alkanes of at least 4 members (excludes halogenated alkanes) is 1. The molecule has 1 unspecified atom stereocenters. The molecule has 0 saturated carbocycles. The second-order valence-corrected chi connectivity index (χ2v) is 7.30. The van der Waals surface area contributed by atoms with E-state index in [0.29, 0.717) is 25.6 Å². The molecule has 1 aliphatic heterocycles. The van der Waals surface area contributed by atoms with E-state index in [1.807, 2.05) is 16.8 Å². The van der Waals surface area contributed by atoms with Crippen LogP contribution >= 0.6 is 24.0 Å². The molecule has 3 rings (SSSR count). The van der Waals surface area contributed by atoms with Crippen LogP contribution in [-0.2, 0) is 30.9 Å². The zero-order valence-corrected chi connectivity index (χ0v) is 21.0. The minimum Gasteiger partial charge on any atom is -0.477 e. The Morgan fingerprint density at radius 2 is 2.23 bits per heavy atom. The van der Waals surface area contributed by atoms with Crippen LogP contribution in [0.5, 0.6) is 5.88 Å². The van der Waals surface area contributed by atoms with Crippen molar-refractivity contribution >= 4 is 29.9 Å². The molecule has 0 aliphatic carbocycles. The summed E-state index contributed by atoms with van der Waals surface area (Å²) in [6.07, 6.45) is 5.73. The Kier molecular flexibility index (Phi) is 11.0. The molecule has 3 heterocycles. The van der Waals surface area contributed by atoms with Gasteiger partial charge < -0.3 is 20.1 Å². The van der Waals surface area contributed by atoms with Gasteiger partial charge in [-0.25, -0.2) is 19.6 Å². The molecule has 1 aliphatic rings. The zero-order chi connectivity index (χ0) is 21.2. The number of ether oxygens (including phenoxy) is 2. The smallest absolute Gasteiger partial charge is 0.218 e. The molecule has 0 bridgehead atoms. The molecule has 9 nitrogen and oxygen atoms in total. The maximum absolute atomic E-state index is 5.83. The molecule has 0 radical (unpaired) electrons. The lowest BCUT2D eigenvalue weighted by molar-refractivity contribution is 0.177. The van der Waals surface area contributed by atoms with E-state index in [0.717, 1.165) is 61.9 Å². The first-order valence-corrected chi connectivity index (χ1v) is 10.8. The van der Waals surface area contributed by atoms with E-state index in [1.54, 1.807) is 13.3 Å². The van der Waals surface area contributed by atoms with Crippen LogP contribution in [0.1, 0.15) is 50.3 Å². The van der Waals surface area contributed by atoms with Crippen LogP contribution in [0.25, 0.3) is 0 Å². The lowest BCUT2D eigenvalue weighted by atomic mass is 10.1. The fourth-order valence-electron chi connectivity index (χ4n) is 3.33. The van der Waals surface area contributed by atoms with E-state index >= 15 is 0 Å². The van der Waals surface area contributed by atoms with Crippen LogP contribution in [0.3, 0.4) is 0 Å². The van der Waals surface area contributed by atoms with Gasteiger partial charge in [-0.15, -0.1) is 24.0 Å². The number of aryl methyl sites for hydroxylation is 1. The Morgan fingerprint density at radius 1 is 1.35 bits per heavy atom. The van der Waals surface area contributed by atoms with Crippen molar-refractivity contribution in [2.24, 2.45) is 4.99 Å². The summed E-state index contributed by atoms with van der Waals surface area (Å²) in [6, 6.07) is 4.17. The minimum atomic E-state index is 0. The molecule has 172 valence electrons. The Hall–Kier alpha value is -1.95. The van der Waals surface area contributed by atoms with Gasteiger partial charge in [-0.2, -0.15) is 5.10 Å². The van der Waals surface area contributed by atoms with Crippen molar-refractivity contribution in [1.82, 2.24) is 30.4 Å². The second-order valence-electron chi connectivity index (χ2n) is 7.30. The average molecular weight is 543 g/mol. The van der Waals surface area contributed by atoms with Gasteiger partial charge in [0.25, 0.3) is 0 Å². The summed E-state index contributed by atoms with van der Waals surface area (Å²) in [5, 5.41) is 11.4. The fraction of sp³-hybridized carbons (Fsp3) is 0.619. The number of nitrogens with zero attached hydrogens (tertiary/aromatic N) is 5. The number of fused-ring (bicyclic) bond motifs is 1. The molecule has 0 fully saturated rings. The predicted octanol–water partition coefficient (Wildman–Crippen LogP) is 2.69. The van der Waals surface area contributed by atoms with Crippen LogP contribution in [0.4, 0.5) is 0 Å². The summed E-state index contributed by atoms with van der Waals surface area (Å²) in [6.45, 7) is 7.38. The van der Waals surface area contributed by atoms with E-state index < -0.39 is 0 Å². The number of aromatic nitrogens is 4. The molecule has 0 spiro atoms.